The summed E-state index contributed by atoms with van der Waals surface area (Å²) < 4.78 is 0. The number of nitrogens with one attached hydrogen (secondary N) is 2. The largest absolute Gasteiger partial charge is 0.352 e. The van der Waals surface area contributed by atoms with Crippen molar-refractivity contribution in [2.24, 2.45) is 5.92 Å². The van der Waals surface area contributed by atoms with E-state index < -0.39 is 0 Å². The van der Waals surface area contributed by atoms with Gasteiger partial charge in [0.2, 0.25) is 5.91 Å². The van der Waals surface area contributed by atoms with E-state index in [1.54, 1.807) is 0 Å². The monoisotopic (exact) mass is 317 g/mol. The maximum atomic E-state index is 12.1. The summed E-state index contributed by atoms with van der Waals surface area (Å²) in [5.74, 6) is 1.12. The Bertz CT molecular complexity index is 667. The van der Waals surface area contributed by atoms with Crippen LogP contribution in [0.25, 0.3) is 11.0 Å². The van der Waals surface area contributed by atoms with Crippen LogP contribution in [0.2, 0.25) is 0 Å². The summed E-state index contributed by atoms with van der Waals surface area (Å²) >= 11 is 1.47. The predicted molar refractivity (Wildman–Crippen MR) is 91.1 cm³/mol. The average Bonchev–Trinajstić information content (AvgIpc) is 2.89. The van der Waals surface area contributed by atoms with Crippen molar-refractivity contribution in [1.29, 1.82) is 0 Å². The van der Waals surface area contributed by atoms with E-state index >= 15 is 0 Å². The summed E-state index contributed by atoms with van der Waals surface area (Å²) in [6.07, 6.45) is 4.86. The molecule has 1 heterocycles. The van der Waals surface area contributed by atoms with Gasteiger partial charge in [-0.05, 0) is 43.4 Å². The topological polar surface area (TPSA) is 57.8 Å². The van der Waals surface area contributed by atoms with Crippen LogP contribution in [0, 0.1) is 12.8 Å². The van der Waals surface area contributed by atoms with Gasteiger partial charge in [-0.2, -0.15) is 0 Å². The second kappa shape index (κ2) is 6.73. The molecule has 1 aliphatic carbocycles. The van der Waals surface area contributed by atoms with Gasteiger partial charge in [0.15, 0.2) is 5.16 Å². The molecular formula is C17H23N3OS. The van der Waals surface area contributed by atoms with Crippen LogP contribution in [-0.2, 0) is 4.79 Å². The highest BCUT2D eigenvalue weighted by Gasteiger charge is 2.22. The van der Waals surface area contributed by atoms with Gasteiger partial charge in [-0.3, -0.25) is 4.79 Å². The highest BCUT2D eigenvalue weighted by atomic mass is 32.2. The normalized spacial score (nSPS) is 21.9. The van der Waals surface area contributed by atoms with Crippen molar-refractivity contribution in [3.63, 3.8) is 0 Å². The molecule has 22 heavy (non-hydrogen) atoms. The van der Waals surface area contributed by atoms with Crippen molar-refractivity contribution in [2.45, 2.75) is 50.7 Å². The van der Waals surface area contributed by atoms with E-state index in [0.717, 1.165) is 22.6 Å². The number of hydrogen-bond acceptors (Lipinski definition) is 3. The Hall–Kier alpha value is -1.49. The zero-order valence-corrected chi connectivity index (χ0v) is 14.0. The number of carbonyl (C=O) groups excluding carboxylic acids is 1. The first-order valence-electron chi connectivity index (χ1n) is 8.00. The predicted octanol–water partition coefficient (Wildman–Crippen LogP) is 3.66. The summed E-state index contributed by atoms with van der Waals surface area (Å²) in [7, 11) is 0. The van der Waals surface area contributed by atoms with Crippen molar-refractivity contribution in [3.05, 3.63) is 23.8 Å². The first-order valence-corrected chi connectivity index (χ1v) is 8.99. The van der Waals surface area contributed by atoms with Gasteiger partial charge in [-0.1, -0.05) is 37.6 Å². The third kappa shape index (κ3) is 3.64. The summed E-state index contributed by atoms with van der Waals surface area (Å²) in [6, 6.07) is 6.49. The van der Waals surface area contributed by atoms with Gasteiger partial charge in [0.05, 0.1) is 16.8 Å². The number of amides is 1. The lowest BCUT2D eigenvalue weighted by molar-refractivity contribution is -0.119. The molecule has 5 heteroatoms. The lowest BCUT2D eigenvalue weighted by atomic mass is 9.86. The number of nitrogens with zero attached hydrogens (tertiary/aromatic N) is 1. The Balaban J connectivity index is 1.55. The molecular weight excluding hydrogens is 294 g/mol. The van der Waals surface area contributed by atoms with Gasteiger partial charge in [0.25, 0.3) is 0 Å². The van der Waals surface area contributed by atoms with Gasteiger partial charge in [-0.25, -0.2) is 4.98 Å². The molecule has 0 aliphatic heterocycles. The van der Waals surface area contributed by atoms with Gasteiger partial charge in [-0.15, -0.1) is 0 Å². The standard InChI is InChI=1S/C17H23N3OS/c1-11-7-8-14-15(9-11)20-17(19-14)22-10-16(21)18-13-6-4-3-5-12(13)2/h7-9,12-13H,3-6,10H2,1-2H3,(H,18,21)(H,19,20). The molecule has 3 rings (SSSR count). The van der Waals surface area contributed by atoms with Gasteiger partial charge < -0.3 is 10.3 Å². The minimum absolute atomic E-state index is 0.111. The minimum atomic E-state index is 0.111. The molecule has 2 N–H and O–H groups in total. The van der Waals surface area contributed by atoms with Crippen molar-refractivity contribution in [1.82, 2.24) is 15.3 Å². The van der Waals surface area contributed by atoms with Crippen LogP contribution in [0.5, 0.6) is 0 Å². The lowest BCUT2D eigenvalue weighted by Crippen LogP contribution is -2.41. The summed E-state index contributed by atoms with van der Waals surface area (Å²) in [6.45, 7) is 4.30. The zero-order valence-electron chi connectivity index (χ0n) is 13.2. The molecule has 0 saturated heterocycles. The van der Waals surface area contributed by atoms with Crippen molar-refractivity contribution in [2.75, 3.05) is 5.75 Å². The Morgan fingerprint density at radius 1 is 1.41 bits per heavy atom. The second-order valence-electron chi connectivity index (χ2n) is 6.29. The van der Waals surface area contributed by atoms with Crippen molar-refractivity contribution in [3.8, 4) is 0 Å². The number of aryl methyl sites for hydroxylation is 1. The van der Waals surface area contributed by atoms with Crippen LogP contribution in [-0.4, -0.2) is 27.7 Å². The number of fused-ring (bicyclic) bond motifs is 1. The SMILES string of the molecule is Cc1ccc2nc(SCC(=O)NC3CCCCC3C)[nH]c2c1. The molecule has 0 bridgehead atoms. The van der Waals surface area contributed by atoms with E-state index in [2.05, 4.69) is 41.3 Å². The molecule has 118 valence electrons. The highest BCUT2D eigenvalue weighted by molar-refractivity contribution is 7.99. The first kappa shape index (κ1) is 15.4. The number of rotatable bonds is 4. The molecule has 0 spiro atoms. The van der Waals surface area contributed by atoms with Crippen LogP contribution in [0.15, 0.2) is 23.4 Å². The van der Waals surface area contributed by atoms with Gasteiger partial charge in [0, 0.05) is 6.04 Å². The maximum Gasteiger partial charge on any atom is 0.230 e. The Morgan fingerprint density at radius 2 is 2.23 bits per heavy atom. The number of thioether (sulfide) groups is 1. The molecule has 2 atom stereocenters. The number of imidazole rings is 1. The van der Waals surface area contributed by atoms with Crippen molar-refractivity contribution >= 4 is 28.7 Å². The van der Waals surface area contributed by atoms with E-state index in [1.807, 2.05) is 6.07 Å². The number of aromatic nitrogens is 2. The second-order valence-corrected chi connectivity index (χ2v) is 7.25. The van der Waals surface area contributed by atoms with Crippen LogP contribution in [0.3, 0.4) is 0 Å². The van der Waals surface area contributed by atoms with E-state index in [-0.39, 0.29) is 5.91 Å². The summed E-state index contributed by atoms with van der Waals surface area (Å²) in [5.41, 5.74) is 3.19. The molecule has 4 nitrogen and oxygen atoms in total. The number of aromatic amines is 1. The molecule has 1 amide bonds. The fraction of sp³-hybridized carbons (Fsp3) is 0.529. The molecule has 1 aromatic heterocycles. The minimum Gasteiger partial charge on any atom is -0.352 e. The number of benzene rings is 1. The Morgan fingerprint density at radius 3 is 3.05 bits per heavy atom. The maximum absolute atomic E-state index is 12.1. The number of H-pyrrole nitrogens is 1. The van der Waals surface area contributed by atoms with Crippen LogP contribution < -0.4 is 5.32 Å². The molecule has 1 aromatic carbocycles. The van der Waals surface area contributed by atoms with Gasteiger partial charge >= 0.3 is 0 Å². The lowest BCUT2D eigenvalue weighted by Gasteiger charge is -2.29. The Kier molecular flexibility index (Phi) is 4.71. The van der Waals surface area contributed by atoms with Crippen LogP contribution in [0.1, 0.15) is 38.2 Å². The van der Waals surface area contributed by atoms with Crippen molar-refractivity contribution < 1.29 is 4.79 Å². The van der Waals surface area contributed by atoms with E-state index in [9.17, 15) is 4.79 Å². The quantitative estimate of drug-likeness (QED) is 0.846. The molecule has 1 aliphatic rings. The van der Waals surface area contributed by atoms with E-state index in [1.165, 1.54) is 36.6 Å². The molecule has 2 unspecified atom stereocenters. The summed E-state index contributed by atoms with van der Waals surface area (Å²) in [4.78, 5) is 19.9. The molecule has 0 radical (unpaired) electrons. The smallest absolute Gasteiger partial charge is 0.230 e. The third-order valence-corrected chi connectivity index (χ3v) is 5.29. The number of hydrogen-bond donors (Lipinski definition) is 2. The van der Waals surface area contributed by atoms with E-state index in [0.29, 0.717) is 17.7 Å². The van der Waals surface area contributed by atoms with E-state index in [4.69, 9.17) is 0 Å². The molecule has 1 fully saturated rings. The van der Waals surface area contributed by atoms with Gasteiger partial charge in [0.1, 0.15) is 0 Å². The average molecular weight is 317 g/mol. The fourth-order valence-electron chi connectivity index (χ4n) is 3.08. The van der Waals surface area contributed by atoms with Crippen LogP contribution >= 0.6 is 11.8 Å². The molecule has 1 saturated carbocycles. The molecule has 2 aromatic rings. The highest BCUT2D eigenvalue weighted by Crippen LogP contribution is 2.24. The Labute approximate surface area is 135 Å². The third-order valence-electron chi connectivity index (χ3n) is 4.41. The fourth-order valence-corrected chi connectivity index (χ4v) is 3.78. The number of carbonyl (C=O) groups is 1. The zero-order chi connectivity index (χ0) is 15.5. The summed E-state index contributed by atoms with van der Waals surface area (Å²) in [5, 5.41) is 3.99. The first-order chi connectivity index (χ1) is 10.6. The van der Waals surface area contributed by atoms with Crippen LogP contribution in [0.4, 0.5) is 0 Å².